The molecule has 0 amide bonds. The molecule has 0 aliphatic carbocycles. The molecule has 2 rings (SSSR count). The molecule has 0 saturated heterocycles. The maximum atomic E-state index is 5.47. The molecule has 1 heterocycles. The van der Waals surface area contributed by atoms with Crippen LogP contribution in [0.25, 0.3) is 0 Å². The Hall–Kier alpha value is -1.87. The van der Waals surface area contributed by atoms with Gasteiger partial charge < -0.3 is 10.1 Å². The summed E-state index contributed by atoms with van der Waals surface area (Å²) in [6, 6.07) is 8.74. The number of hydrogen-bond donors (Lipinski definition) is 1. The highest BCUT2D eigenvalue weighted by molar-refractivity contribution is 5.38. The van der Waals surface area contributed by atoms with E-state index in [1.807, 2.05) is 12.3 Å². The summed E-state index contributed by atoms with van der Waals surface area (Å²) < 4.78 is 5.47. The molecular formula is C18H24N2O. The molecule has 0 radical (unpaired) electrons. The Morgan fingerprint density at radius 3 is 2.52 bits per heavy atom. The lowest BCUT2D eigenvalue weighted by Gasteiger charge is -2.22. The first-order chi connectivity index (χ1) is 10.2. The predicted molar refractivity (Wildman–Crippen MR) is 86.8 cm³/mol. The van der Waals surface area contributed by atoms with Crippen molar-refractivity contribution in [3.05, 3.63) is 58.9 Å². The molecule has 0 bridgehead atoms. The molecule has 0 aliphatic heterocycles. The number of likely N-dealkylation sites (N-methyl/N-ethyl adjacent to an activating group) is 1. The van der Waals surface area contributed by atoms with Crippen LogP contribution in [0.15, 0.2) is 36.7 Å². The lowest BCUT2D eigenvalue weighted by Crippen LogP contribution is -2.24. The van der Waals surface area contributed by atoms with Gasteiger partial charge in [-0.3, -0.25) is 4.98 Å². The molecule has 0 fully saturated rings. The van der Waals surface area contributed by atoms with Crippen molar-refractivity contribution in [1.82, 2.24) is 10.3 Å². The summed E-state index contributed by atoms with van der Waals surface area (Å²) in [7, 11) is 1.70. The summed E-state index contributed by atoms with van der Waals surface area (Å²) in [5, 5.41) is 3.57. The molecule has 1 N–H and O–H groups in total. The van der Waals surface area contributed by atoms with Crippen molar-refractivity contribution in [1.29, 1.82) is 0 Å². The summed E-state index contributed by atoms with van der Waals surface area (Å²) >= 11 is 0. The lowest BCUT2D eigenvalue weighted by atomic mass is 9.93. The van der Waals surface area contributed by atoms with E-state index in [0.29, 0.717) is 0 Å². The van der Waals surface area contributed by atoms with Crippen LogP contribution in [0.4, 0.5) is 0 Å². The molecule has 0 aliphatic rings. The highest BCUT2D eigenvalue weighted by Gasteiger charge is 2.17. The average Bonchev–Trinajstić information content (AvgIpc) is 2.50. The van der Waals surface area contributed by atoms with Crippen LogP contribution in [0.2, 0.25) is 0 Å². The van der Waals surface area contributed by atoms with Crippen LogP contribution in [0, 0.1) is 13.8 Å². The molecule has 112 valence electrons. The zero-order valence-electron chi connectivity index (χ0n) is 13.3. The van der Waals surface area contributed by atoms with Crippen molar-refractivity contribution in [3.8, 4) is 5.75 Å². The van der Waals surface area contributed by atoms with Gasteiger partial charge in [0, 0.05) is 17.8 Å². The number of aryl methyl sites for hydroxylation is 2. The first kappa shape index (κ1) is 15.5. The number of nitrogens with one attached hydrogen (secondary N) is 1. The van der Waals surface area contributed by atoms with Crippen molar-refractivity contribution in [2.45, 2.75) is 33.2 Å². The van der Waals surface area contributed by atoms with Gasteiger partial charge in [0.05, 0.1) is 13.3 Å². The van der Waals surface area contributed by atoms with E-state index in [0.717, 1.165) is 24.3 Å². The zero-order valence-corrected chi connectivity index (χ0v) is 13.3. The van der Waals surface area contributed by atoms with Gasteiger partial charge in [-0.1, -0.05) is 25.1 Å². The van der Waals surface area contributed by atoms with Gasteiger partial charge in [0.15, 0.2) is 0 Å². The van der Waals surface area contributed by atoms with E-state index in [1.165, 1.54) is 16.7 Å². The predicted octanol–water partition coefficient (Wildman–Crippen LogP) is 3.60. The molecule has 0 spiro atoms. The average molecular weight is 284 g/mol. The summed E-state index contributed by atoms with van der Waals surface area (Å²) in [6.45, 7) is 7.40. The molecule has 1 aromatic carbocycles. The van der Waals surface area contributed by atoms with E-state index in [1.54, 1.807) is 13.3 Å². The summed E-state index contributed by atoms with van der Waals surface area (Å²) in [4.78, 5) is 4.15. The Balaban J connectivity index is 2.35. The number of rotatable bonds is 6. The van der Waals surface area contributed by atoms with E-state index in [9.17, 15) is 0 Å². The fourth-order valence-electron chi connectivity index (χ4n) is 2.76. The van der Waals surface area contributed by atoms with Gasteiger partial charge in [0.1, 0.15) is 5.75 Å². The van der Waals surface area contributed by atoms with Gasteiger partial charge >= 0.3 is 0 Å². The third kappa shape index (κ3) is 3.61. The highest BCUT2D eigenvalue weighted by atomic mass is 16.5. The summed E-state index contributed by atoms with van der Waals surface area (Å²) in [5.74, 6) is 0.842. The van der Waals surface area contributed by atoms with Crippen LogP contribution < -0.4 is 10.1 Å². The van der Waals surface area contributed by atoms with E-state index < -0.39 is 0 Å². The van der Waals surface area contributed by atoms with Crippen LogP contribution in [0.1, 0.15) is 35.2 Å². The first-order valence-electron chi connectivity index (χ1n) is 7.43. The Kier molecular flexibility index (Phi) is 5.34. The largest absolute Gasteiger partial charge is 0.495 e. The van der Waals surface area contributed by atoms with Crippen molar-refractivity contribution >= 4 is 0 Å². The van der Waals surface area contributed by atoms with Crippen LogP contribution in [-0.2, 0) is 6.42 Å². The van der Waals surface area contributed by atoms with Crippen LogP contribution in [-0.4, -0.2) is 18.6 Å². The van der Waals surface area contributed by atoms with Gasteiger partial charge in [0.25, 0.3) is 0 Å². The van der Waals surface area contributed by atoms with Crippen LogP contribution >= 0.6 is 0 Å². The van der Waals surface area contributed by atoms with E-state index in [4.69, 9.17) is 4.74 Å². The minimum atomic E-state index is 0.229. The molecule has 2 aromatic rings. The highest BCUT2D eigenvalue weighted by Crippen LogP contribution is 2.28. The number of ether oxygens (including phenoxy) is 1. The smallest absolute Gasteiger partial charge is 0.141 e. The third-order valence-corrected chi connectivity index (χ3v) is 3.92. The molecule has 1 aromatic heterocycles. The number of hydrogen-bond acceptors (Lipinski definition) is 3. The van der Waals surface area contributed by atoms with Gasteiger partial charge in [-0.05, 0) is 49.6 Å². The fourth-order valence-corrected chi connectivity index (χ4v) is 2.76. The second-order valence-electron chi connectivity index (χ2n) is 5.30. The fraction of sp³-hybridized carbons (Fsp3) is 0.389. The second kappa shape index (κ2) is 7.23. The number of methoxy groups -OCH3 is 1. The lowest BCUT2D eigenvalue weighted by molar-refractivity contribution is 0.397. The summed E-state index contributed by atoms with van der Waals surface area (Å²) in [6.07, 6.45) is 4.56. The Labute approximate surface area is 127 Å². The quantitative estimate of drug-likeness (QED) is 0.880. The van der Waals surface area contributed by atoms with Gasteiger partial charge in [-0.2, -0.15) is 0 Å². The molecular weight excluding hydrogens is 260 g/mol. The number of benzene rings is 1. The van der Waals surface area contributed by atoms with Crippen molar-refractivity contribution in [2.75, 3.05) is 13.7 Å². The molecule has 3 nitrogen and oxygen atoms in total. The minimum absolute atomic E-state index is 0.229. The zero-order chi connectivity index (χ0) is 15.2. The number of aromatic nitrogens is 1. The van der Waals surface area contributed by atoms with Crippen molar-refractivity contribution in [2.24, 2.45) is 0 Å². The Bertz CT molecular complexity index is 575. The topological polar surface area (TPSA) is 34.2 Å². The van der Waals surface area contributed by atoms with Crippen molar-refractivity contribution < 1.29 is 4.74 Å². The first-order valence-corrected chi connectivity index (χ1v) is 7.43. The van der Waals surface area contributed by atoms with Crippen LogP contribution in [0.5, 0.6) is 5.75 Å². The standard InChI is InChI=1S/C18H24N2O/c1-5-20-17(15-9-10-19-12-18(15)21-4)11-16-13(2)7-6-8-14(16)3/h6-10,12,17,20H,5,11H2,1-4H3. The van der Waals surface area contributed by atoms with E-state index in [-0.39, 0.29) is 6.04 Å². The van der Waals surface area contributed by atoms with E-state index >= 15 is 0 Å². The molecule has 1 unspecified atom stereocenters. The number of nitrogens with zero attached hydrogens (tertiary/aromatic N) is 1. The SMILES string of the molecule is CCNC(Cc1c(C)cccc1C)c1ccncc1OC. The van der Waals surface area contributed by atoms with Gasteiger partial charge in [0.2, 0.25) is 0 Å². The maximum absolute atomic E-state index is 5.47. The normalized spacial score (nSPS) is 12.2. The third-order valence-electron chi connectivity index (χ3n) is 3.92. The van der Waals surface area contributed by atoms with Crippen LogP contribution in [0.3, 0.4) is 0 Å². The maximum Gasteiger partial charge on any atom is 0.141 e. The molecule has 0 saturated carbocycles. The van der Waals surface area contributed by atoms with Crippen molar-refractivity contribution in [3.63, 3.8) is 0 Å². The monoisotopic (exact) mass is 284 g/mol. The molecule has 1 atom stereocenters. The minimum Gasteiger partial charge on any atom is -0.495 e. The Morgan fingerprint density at radius 1 is 1.19 bits per heavy atom. The van der Waals surface area contributed by atoms with E-state index in [2.05, 4.69) is 49.3 Å². The Morgan fingerprint density at radius 2 is 1.90 bits per heavy atom. The number of pyridine rings is 1. The van der Waals surface area contributed by atoms with Gasteiger partial charge in [-0.15, -0.1) is 0 Å². The molecule has 3 heteroatoms. The molecule has 21 heavy (non-hydrogen) atoms. The summed E-state index contributed by atoms with van der Waals surface area (Å²) in [5.41, 5.74) is 5.25. The second-order valence-corrected chi connectivity index (χ2v) is 5.30. The van der Waals surface area contributed by atoms with Gasteiger partial charge in [-0.25, -0.2) is 0 Å².